The van der Waals surface area contributed by atoms with Crippen LogP contribution in [0.15, 0.2) is 35.2 Å². The van der Waals surface area contributed by atoms with E-state index in [0.29, 0.717) is 0 Å². The average Bonchev–Trinajstić information content (AvgIpc) is 2.96. The Balaban J connectivity index is 1.90. The van der Waals surface area contributed by atoms with Gasteiger partial charge in [0.2, 0.25) is 0 Å². The van der Waals surface area contributed by atoms with E-state index in [1.54, 1.807) is 12.4 Å². The minimum atomic E-state index is 0.145. The Labute approximate surface area is 133 Å². The molecule has 0 aliphatic carbocycles. The van der Waals surface area contributed by atoms with Crippen LogP contribution in [0.1, 0.15) is 29.8 Å². The van der Waals surface area contributed by atoms with E-state index in [9.17, 15) is 0 Å². The molecule has 1 atom stereocenters. The molecule has 0 fully saturated rings. The highest BCUT2D eigenvalue weighted by atomic mass is 79.9. The van der Waals surface area contributed by atoms with E-state index in [1.807, 2.05) is 6.20 Å². The summed E-state index contributed by atoms with van der Waals surface area (Å²) in [6.07, 6.45) is 7.09. The van der Waals surface area contributed by atoms with Crippen molar-refractivity contribution in [1.29, 1.82) is 0 Å². The van der Waals surface area contributed by atoms with Gasteiger partial charge in [-0.3, -0.25) is 9.97 Å². The van der Waals surface area contributed by atoms with Crippen LogP contribution in [-0.2, 0) is 12.8 Å². The third kappa shape index (κ3) is 3.24. The van der Waals surface area contributed by atoms with Crippen LogP contribution in [-0.4, -0.2) is 23.1 Å². The highest BCUT2D eigenvalue weighted by Gasteiger charge is 2.21. The van der Waals surface area contributed by atoms with Crippen LogP contribution in [0.5, 0.6) is 5.75 Å². The summed E-state index contributed by atoms with van der Waals surface area (Å²) in [7, 11) is 0. The molecule has 110 valence electrons. The van der Waals surface area contributed by atoms with Gasteiger partial charge in [-0.2, -0.15) is 0 Å². The van der Waals surface area contributed by atoms with Crippen molar-refractivity contribution in [2.45, 2.75) is 25.8 Å². The maximum absolute atomic E-state index is 5.81. The lowest BCUT2D eigenvalue weighted by Gasteiger charge is -2.18. The first-order chi connectivity index (χ1) is 10.3. The molecular formula is C16H18BrN3O. The van der Waals surface area contributed by atoms with E-state index in [-0.39, 0.29) is 6.04 Å². The number of nitrogens with zero attached hydrogens (tertiary/aromatic N) is 2. The van der Waals surface area contributed by atoms with E-state index < -0.39 is 0 Å². The second-order valence-corrected chi connectivity index (χ2v) is 6.01. The zero-order chi connectivity index (χ0) is 14.7. The van der Waals surface area contributed by atoms with E-state index in [4.69, 9.17) is 4.74 Å². The van der Waals surface area contributed by atoms with Crippen molar-refractivity contribution in [3.8, 4) is 5.75 Å². The van der Waals surface area contributed by atoms with E-state index in [0.717, 1.165) is 41.9 Å². The number of aromatic nitrogens is 2. The van der Waals surface area contributed by atoms with Crippen molar-refractivity contribution >= 4 is 15.9 Å². The number of ether oxygens (including phenoxy) is 1. The van der Waals surface area contributed by atoms with Gasteiger partial charge in [0.05, 0.1) is 18.3 Å². The molecule has 0 radical (unpaired) electrons. The molecule has 1 N–H and O–H groups in total. The van der Waals surface area contributed by atoms with Gasteiger partial charge in [-0.25, -0.2) is 0 Å². The Hall–Kier alpha value is -1.46. The summed E-state index contributed by atoms with van der Waals surface area (Å²) < 4.78 is 6.92. The Morgan fingerprint density at radius 2 is 2.29 bits per heavy atom. The lowest BCUT2D eigenvalue weighted by atomic mass is 10.00. The molecule has 4 nitrogen and oxygen atoms in total. The molecule has 1 aliphatic rings. The Kier molecular flexibility index (Phi) is 4.51. The molecule has 1 unspecified atom stereocenters. The number of nitrogens with one attached hydrogen (secondary N) is 1. The highest BCUT2D eigenvalue weighted by molar-refractivity contribution is 9.10. The summed E-state index contributed by atoms with van der Waals surface area (Å²) in [6, 6.07) is 4.44. The van der Waals surface area contributed by atoms with E-state index >= 15 is 0 Å². The minimum absolute atomic E-state index is 0.145. The van der Waals surface area contributed by atoms with Crippen molar-refractivity contribution < 1.29 is 4.74 Å². The van der Waals surface area contributed by atoms with Gasteiger partial charge in [-0.15, -0.1) is 0 Å². The minimum Gasteiger partial charge on any atom is -0.493 e. The molecule has 2 aromatic rings. The molecule has 5 heteroatoms. The third-order valence-electron chi connectivity index (χ3n) is 3.64. The van der Waals surface area contributed by atoms with Crippen LogP contribution in [0.4, 0.5) is 0 Å². The first kappa shape index (κ1) is 14.5. The quantitative estimate of drug-likeness (QED) is 0.902. The van der Waals surface area contributed by atoms with Crippen LogP contribution in [0.25, 0.3) is 0 Å². The van der Waals surface area contributed by atoms with Gasteiger partial charge >= 0.3 is 0 Å². The summed E-state index contributed by atoms with van der Waals surface area (Å²) in [5.74, 6) is 1.05. The first-order valence-electron chi connectivity index (χ1n) is 7.21. The van der Waals surface area contributed by atoms with Crippen LogP contribution < -0.4 is 10.1 Å². The summed E-state index contributed by atoms with van der Waals surface area (Å²) >= 11 is 3.60. The smallest absolute Gasteiger partial charge is 0.125 e. The molecule has 0 amide bonds. The Morgan fingerprint density at radius 3 is 3.05 bits per heavy atom. The molecule has 0 saturated heterocycles. The molecule has 21 heavy (non-hydrogen) atoms. The molecule has 1 aliphatic heterocycles. The van der Waals surface area contributed by atoms with Crippen molar-refractivity contribution in [1.82, 2.24) is 15.3 Å². The number of hydrogen-bond acceptors (Lipinski definition) is 4. The predicted octanol–water partition coefficient (Wildman–Crippen LogP) is 3.07. The van der Waals surface area contributed by atoms with Crippen LogP contribution in [0.2, 0.25) is 0 Å². The topological polar surface area (TPSA) is 47.0 Å². The van der Waals surface area contributed by atoms with Crippen LogP contribution in [0, 0.1) is 0 Å². The normalized spacial score (nSPS) is 14.6. The van der Waals surface area contributed by atoms with Gasteiger partial charge < -0.3 is 10.1 Å². The fourth-order valence-electron chi connectivity index (χ4n) is 2.74. The number of rotatable bonds is 5. The van der Waals surface area contributed by atoms with Gasteiger partial charge in [-0.1, -0.05) is 22.9 Å². The second-order valence-electron chi connectivity index (χ2n) is 5.10. The van der Waals surface area contributed by atoms with Gasteiger partial charge in [0.25, 0.3) is 0 Å². The lowest BCUT2D eigenvalue weighted by molar-refractivity contribution is 0.351. The molecule has 1 aromatic carbocycles. The molecule has 3 rings (SSSR count). The van der Waals surface area contributed by atoms with Gasteiger partial charge in [0.15, 0.2) is 0 Å². The first-order valence-corrected chi connectivity index (χ1v) is 8.00. The van der Waals surface area contributed by atoms with Crippen molar-refractivity contribution in [3.05, 3.63) is 52.0 Å². The summed E-state index contributed by atoms with van der Waals surface area (Å²) in [6.45, 7) is 3.76. The fourth-order valence-corrected chi connectivity index (χ4v) is 3.29. The lowest BCUT2D eigenvalue weighted by Crippen LogP contribution is -2.24. The third-order valence-corrected chi connectivity index (χ3v) is 4.10. The Morgan fingerprint density at radius 1 is 1.38 bits per heavy atom. The van der Waals surface area contributed by atoms with Crippen LogP contribution >= 0.6 is 15.9 Å². The maximum Gasteiger partial charge on any atom is 0.125 e. The SMILES string of the molecule is CCNC(Cc1cc(Br)cc2c1OCC2)c1cnccn1. The summed E-state index contributed by atoms with van der Waals surface area (Å²) in [5, 5.41) is 3.48. The number of halogens is 1. The van der Waals surface area contributed by atoms with Crippen molar-refractivity contribution in [2.24, 2.45) is 0 Å². The summed E-state index contributed by atoms with van der Waals surface area (Å²) in [5.41, 5.74) is 3.47. The number of hydrogen-bond donors (Lipinski definition) is 1. The van der Waals surface area contributed by atoms with Crippen molar-refractivity contribution in [2.75, 3.05) is 13.2 Å². The molecule has 2 heterocycles. The monoisotopic (exact) mass is 347 g/mol. The maximum atomic E-state index is 5.81. The van der Waals surface area contributed by atoms with Gasteiger partial charge in [-0.05, 0) is 36.2 Å². The molecular weight excluding hydrogens is 330 g/mol. The largest absolute Gasteiger partial charge is 0.493 e. The standard InChI is InChI=1S/C16H18BrN3O/c1-2-19-14(15-10-18-4-5-20-15)9-12-8-13(17)7-11-3-6-21-16(11)12/h4-5,7-8,10,14,19H,2-3,6,9H2,1H3. The molecule has 0 saturated carbocycles. The highest BCUT2D eigenvalue weighted by Crippen LogP contribution is 2.35. The zero-order valence-corrected chi connectivity index (χ0v) is 13.6. The van der Waals surface area contributed by atoms with Crippen LogP contribution in [0.3, 0.4) is 0 Å². The fraction of sp³-hybridized carbons (Fsp3) is 0.375. The predicted molar refractivity (Wildman–Crippen MR) is 85.5 cm³/mol. The van der Waals surface area contributed by atoms with Gasteiger partial charge in [0.1, 0.15) is 5.75 Å². The molecule has 0 spiro atoms. The number of benzene rings is 1. The Bertz CT molecular complexity index is 618. The second kappa shape index (κ2) is 6.54. The number of likely N-dealkylation sites (N-methyl/N-ethyl adjacent to an activating group) is 1. The number of fused-ring (bicyclic) bond motifs is 1. The zero-order valence-electron chi connectivity index (χ0n) is 12.0. The van der Waals surface area contributed by atoms with E-state index in [1.165, 1.54) is 11.1 Å². The molecule has 0 bridgehead atoms. The van der Waals surface area contributed by atoms with E-state index in [2.05, 4.69) is 50.3 Å². The summed E-state index contributed by atoms with van der Waals surface area (Å²) in [4.78, 5) is 8.61. The van der Waals surface area contributed by atoms with Crippen molar-refractivity contribution in [3.63, 3.8) is 0 Å². The molecule has 1 aromatic heterocycles. The van der Waals surface area contributed by atoms with Gasteiger partial charge in [0, 0.05) is 29.5 Å². The average molecular weight is 348 g/mol.